The molecular formula is C40H72. The molecule has 0 saturated heterocycles. The van der Waals surface area contributed by atoms with Crippen LogP contribution >= 0.6 is 0 Å². The Kier molecular flexibility index (Phi) is 15.4. The van der Waals surface area contributed by atoms with Gasteiger partial charge in [0.1, 0.15) is 0 Å². The van der Waals surface area contributed by atoms with Crippen molar-refractivity contribution in [1.29, 1.82) is 0 Å². The Balaban J connectivity index is 1.48. The van der Waals surface area contributed by atoms with Gasteiger partial charge >= 0.3 is 0 Å². The molecule has 0 N–H and O–H groups in total. The van der Waals surface area contributed by atoms with Crippen molar-refractivity contribution in [3.8, 4) is 0 Å². The van der Waals surface area contributed by atoms with E-state index in [2.05, 4.69) is 87.5 Å². The molecule has 40 heavy (non-hydrogen) atoms. The van der Waals surface area contributed by atoms with Crippen LogP contribution in [0.4, 0.5) is 0 Å². The van der Waals surface area contributed by atoms with Crippen LogP contribution in [-0.4, -0.2) is 0 Å². The lowest BCUT2D eigenvalue weighted by molar-refractivity contribution is 0.277. The molecular weight excluding hydrogens is 480 g/mol. The highest BCUT2D eigenvalue weighted by molar-refractivity contribution is 5.24. The molecule has 2 aliphatic rings. The molecule has 0 saturated carbocycles. The van der Waals surface area contributed by atoms with Gasteiger partial charge in [-0.2, -0.15) is 0 Å². The molecule has 232 valence electrons. The topological polar surface area (TPSA) is 0 Å². The molecule has 0 bridgehead atoms. The third-order valence-electron chi connectivity index (χ3n) is 11.3. The van der Waals surface area contributed by atoms with Crippen LogP contribution in [0.25, 0.3) is 0 Å². The van der Waals surface area contributed by atoms with E-state index in [-0.39, 0.29) is 0 Å². The van der Waals surface area contributed by atoms with Crippen LogP contribution in [0, 0.1) is 40.4 Å². The summed E-state index contributed by atoms with van der Waals surface area (Å²) >= 11 is 0. The Morgan fingerprint density at radius 3 is 1.73 bits per heavy atom. The largest absolute Gasteiger partial charge is 0.0783 e. The molecule has 5 atom stereocenters. The van der Waals surface area contributed by atoms with Crippen molar-refractivity contribution in [2.24, 2.45) is 40.4 Å². The van der Waals surface area contributed by atoms with Crippen molar-refractivity contribution in [2.45, 2.75) is 178 Å². The monoisotopic (exact) mass is 553 g/mol. The summed E-state index contributed by atoms with van der Waals surface area (Å²) in [6.07, 6.45) is 31.0. The normalized spacial score (nSPS) is 23.6. The highest BCUT2D eigenvalue weighted by Crippen LogP contribution is 2.43. The Bertz CT molecular complexity index is 802. The first-order valence-electron chi connectivity index (χ1n) is 17.9. The van der Waals surface area contributed by atoms with Gasteiger partial charge in [-0.05, 0) is 92.8 Å². The minimum absolute atomic E-state index is 0.326. The molecule has 0 fully saturated rings. The first-order chi connectivity index (χ1) is 18.8. The summed E-state index contributed by atoms with van der Waals surface area (Å²) in [6, 6.07) is 0. The second kappa shape index (κ2) is 17.4. The maximum absolute atomic E-state index is 2.51. The zero-order chi connectivity index (χ0) is 29.8. The summed E-state index contributed by atoms with van der Waals surface area (Å²) in [5.41, 5.74) is 5.87. The van der Waals surface area contributed by atoms with Crippen molar-refractivity contribution in [3.05, 3.63) is 34.9 Å². The van der Waals surface area contributed by atoms with E-state index in [0.717, 1.165) is 29.6 Å². The fraction of sp³-hybridized carbons (Fsp3) is 0.850. The molecule has 0 aromatic heterocycles. The summed E-state index contributed by atoms with van der Waals surface area (Å²) in [7, 11) is 0. The van der Waals surface area contributed by atoms with Gasteiger partial charge < -0.3 is 0 Å². The van der Waals surface area contributed by atoms with E-state index in [1.165, 1.54) is 109 Å². The number of allylic oxidation sites excluding steroid dienone is 6. The van der Waals surface area contributed by atoms with Crippen LogP contribution < -0.4 is 0 Å². The van der Waals surface area contributed by atoms with E-state index < -0.39 is 0 Å². The second-order valence-electron chi connectivity index (χ2n) is 16.3. The van der Waals surface area contributed by atoms with Crippen LogP contribution in [-0.2, 0) is 0 Å². The number of hydrogen-bond donors (Lipinski definition) is 0. The maximum atomic E-state index is 2.51. The average Bonchev–Trinajstić information content (AvgIpc) is 2.85. The van der Waals surface area contributed by atoms with Crippen molar-refractivity contribution in [3.63, 3.8) is 0 Å². The Hall–Kier alpha value is -0.780. The lowest BCUT2D eigenvalue weighted by Crippen LogP contribution is -2.25. The van der Waals surface area contributed by atoms with Crippen LogP contribution in [0.1, 0.15) is 178 Å². The summed E-state index contributed by atoms with van der Waals surface area (Å²) < 4.78 is 0. The van der Waals surface area contributed by atoms with E-state index in [1.807, 2.05) is 0 Å². The molecule has 0 aromatic carbocycles. The molecule has 3 unspecified atom stereocenters. The fourth-order valence-corrected chi connectivity index (χ4v) is 8.13. The Morgan fingerprint density at radius 1 is 0.700 bits per heavy atom. The highest BCUT2D eigenvalue weighted by Gasteiger charge is 2.30. The molecule has 0 radical (unpaired) electrons. The summed E-state index contributed by atoms with van der Waals surface area (Å²) in [5.74, 6) is 4.29. The van der Waals surface area contributed by atoms with Crippen LogP contribution in [0.2, 0.25) is 0 Å². The van der Waals surface area contributed by atoms with Gasteiger partial charge in [0.05, 0.1) is 0 Å². The highest BCUT2D eigenvalue weighted by atomic mass is 14.3. The van der Waals surface area contributed by atoms with E-state index in [0.29, 0.717) is 10.8 Å². The molecule has 0 spiro atoms. The summed E-state index contributed by atoms with van der Waals surface area (Å²) in [4.78, 5) is 0. The summed E-state index contributed by atoms with van der Waals surface area (Å²) in [5, 5.41) is 0. The van der Waals surface area contributed by atoms with Crippen molar-refractivity contribution < 1.29 is 0 Å². The van der Waals surface area contributed by atoms with Gasteiger partial charge in [-0.15, -0.1) is 0 Å². The van der Waals surface area contributed by atoms with E-state index in [4.69, 9.17) is 0 Å². The lowest BCUT2D eigenvalue weighted by Gasteiger charge is -2.35. The SMILES string of the molecule is CC1=CC=CC(C)(C)C1CCC(C)CCC[C@@H](C)CCCCC(C)CCC[C@@H](C)CCC1=C(C)CCCC1(C)C. The van der Waals surface area contributed by atoms with Gasteiger partial charge in [-0.3, -0.25) is 0 Å². The van der Waals surface area contributed by atoms with Crippen molar-refractivity contribution in [2.75, 3.05) is 0 Å². The number of unbranched alkanes of at least 4 members (excludes halogenated alkanes) is 1. The molecule has 0 amide bonds. The van der Waals surface area contributed by atoms with Gasteiger partial charge in [0.2, 0.25) is 0 Å². The number of hydrogen-bond acceptors (Lipinski definition) is 0. The number of rotatable bonds is 19. The molecule has 0 nitrogen and oxygen atoms in total. The smallest absolute Gasteiger partial charge is 0.0106 e. The predicted octanol–water partition coefficient (Wildman–Crippen LogP) is 13.7. The van der Waals surface area contributed by atoms with Gasteiger partial charge in [-0.1, -0.05) is 161 Å². The van der Waals surface area contributed by atoms with Crippen LogP contribution in [0.15, 0.2) is 34.9 Å². The lowest BCUT2D eigenvalue weighted by atomic mass is 9.69. The van der Waals surface area contributed by atoms with Crippen LogP contribution in [0.3, 0.4) is 0 Å². The quantitative estimate of drug-likeness (QED) is 0.110. The Labute approximate surface area is 253 Å². The fourth-order valence-electron chi connectivity index (χ4n) is 8.13. The molecule has 0 heterocycles. The van der Waals surface area contributed by atoms with E-state index in [1.54, 1.807) is 16.7 Å². The maximum Gasteiger partial charge on any atom is -0.0106 e. The first-order valence-corrected chi connectivity index (χ1v) is 17.9. The van der Waals surface area contributed by atoms with Gasteiger partial charge in [0.15, 0.2) is 0 Å². The molecule has 0 heteroatoms. The third kappa shape index (κ3) is 12.6. The van der Waals surface area contributed by atoms with Crippen molar-refractivity contribution >= 4 is 0 Å². The van der Waals surface area contributed by atoms with Gasteiger partial charge in [0, 0.05) is 0 Å². The summed E-state index contributed by atoms with van der Waals surface area (Å²) in [6.45, 7) is 24.5. The Morgan fingerprint density at radius 2 is 1.20 bits per heavy atom. The average molecular weight is 553 g/mol. The minimum Gasteiger partial charge on any atom is -0.0783 e. The molecule has 0 aromatic rings. The van der Waals surface area contributed by atoms with Gasteiger partial charge in [-0.25, -0.2) is 0 Å². The van der Waals surface area contributed by atoms with E-state index >= 15 is 0 Å². The minimum atomic E-state index is 0.326. The van der Waals surface area contributed by atoms with E-state index in [9.17, 15) is 0 Å². The predicted molar refractivity (Wildman–Crippen MR) is 182 cm³/mol. The van der Waals surface area contributed by atoms with Crippen molar-refractivity contribution in [1.82, 2.24) is 0 Å². The molecule has 2 aliphatic carbocycles. The zero-order valence-corrected chi connectivity index (χ0v) is 29.1. The molecule has 0 aliphatic heterocycles. The second-order valence-corrected chi connectivity index (χ2v) is 16.3. The zero-order valence-electron chi connectivity index (χ0n) is 29.1. The standard InChI is InChI=1S/C40H72/c1-31(19-13-21-33(3)25-27-37-35(5)23-15-29-39(37,7)8)17-11-12-18-32(2)20-14-22-34(4)26-28-38-36(6)24-16-30-40(38,9)10/h15,23,29,31-34,37H,11-14,16-22,24-28,30H2,1-10H3/t31-,32?,33?,34+,37?/m0/s1. The van der Waals surface area contributed by atoms with Crippen LogP contribution in [0.5, 0.6) is 0 Å². The first kappa shape index (κ1) is 35.4. The third-order valence-corrected chi connectivity index (χ3v) is 11.3. The van der Waals surface area contributed by atoms with Gasteiger partial charge in [0.25, 0.3) is 0 Å². The molecule has 2 rings (SSSR count).